The van der Waals surface area contributed by atoms with Gasteiger partial charge in [-0.15, -0.1) is 0 Å². The molecule has 2 N–H and O–H groups in total. The standard InChI is InChI=1S/C10H14ClN5/c1-7-10(11)9(15(2)14-7)6-16-8(5-12)3-4-13-16/h3-4H,5-6,12H2,1-2H3. The quantitative estimate of drug-likeness (QED) is 0.872. The molecule has 0 unspecified atom stereocenters. The Morgan fingerprint density at radius 2 is 2.25 bits per heavy atom. The Labute approximate surface area is 98.8 Å². The van der Waals surface area contributed by atoms with Crippen LogP contribution in [0, 0.1) is 6.92 Å². The molecule has 0 amide bonds. The van der Waals surface area contributed by atoms with Gasteiger partial charge in [-0.2, -0.15) is 10.2 Å². The van der Waals surface area contributed by atoms with E-state index in [-0.39, 0.29) is 0 Å². The van der Waals surface area contributed by atoms with Crippen LogP contribution < -0.4 is 5.73 Å². The second-order valence-electron chi connectivity index (χ2n) is 3.65. The Bertz CT molecular complexity index is 499. The number of halogens is 1. The Morgan fingerprint density at radius 3 is 2.81 bits per heavy atom. The molecule has 0 radical (unpaired) electrons. The molecule has 2 aromatic heterocycles. The number of aryl methyl sites for hydroxylation is 2. The van der Waals surface area contributed by atoms with E-state index in [1.807, 2.05) is 24.7 Å². The Balaban J connectivity index is 2.34. The van der Waals surface area contributed by atoms with Gasteiger partial charge in [-0.1, -0.05) is 11.6 Å². The molecule has 0 fully saturated rings. The lowest BCUT2D eigenvalue weighted by Gasteiger charge is -2.06. The fraction of sp³-hybridized carbons (Fsp3) is 0.400. The topological polar surface area (TPSA) is 61.7 Å². The molecule has 0 spiro atoms. The summed E-state index contributed by atoms with van der Waals surface area (Å²) in [7, 11) is 1.87. The second-order valence-corrected chi connectivity index (χ2v) is 4.03. The van der Waals surface area contributed by atoms with Crippen molar-refractivity contribution in [3.05, 3.63) is 34.4 Å². The summed E-state index contributed by atoms with van der Waals surface area (Å²) < 4.78 is 3.61. The van der Waals surface area contributed by atoms with Gasteiger partial charge in [0.1, 0.15) is 0 Å². The molecule has 2 rings (SSSR count). The third kappa shape index (κ3) is 1.83. The van der Waals surface area contributed by atoms with Gasteiger partial charge >= 0.3 is 0 Å². The van der Waals surface area contributed by atoms with Gasteiger partial charge in [0, 0.05) is 19.8 Å². The lowest BCUT2D eigenvalue weighted by atomic mass is 10.3. The van der Waals surface area contributed by atoms with E-state index in [1.54, 1.807) is 10.9 Å². The SMILES string of the molecule is Cc1nn(C)c(Cn2nccc2CN)c1Cl. The molecule has 0 aliphatic rings. The molecule has 0 atom stereocenters. The molecule has 86 valence electrons. The minimum Gasteiger partial charge on any atom is -0.325 e. The van der Waals surface area contributed by atoms with E-state index in [1.165, 1.54) is 0 Å². The normalized spacial score (nSPS) is 11.0. The molecular weight excluding hydrogens is 226 g/mol. The van der Waals surface area contributed by atoms with Gasteiger partial charge in [0.15, 0.2) is 0 Å². The number of nitrogens with zero attached hydrogens (tertiary/aromatic N) is 4. The lowest BCUT2D eigenvalue weighted by molar-refractivity contribution is 0.596. The first-order valence-corrected chi connectivity index (χ1v) is 5.40. The summed E-state index contributed by atoms with van der Waals surface area (Å²) in [5, 5.41) is 9.17. The molecule has 5 nitrogen and oxygen atoms in total. The molecule has 0 aromatic carbocycles. The van der Waals surface area contributed by atoms with Crippen LogP contribution in [0.1, 0.15) is 17.1 Å². The van der Waals surface area contributed by atoms with Crippen LogP contribution in [0.4, 0.5) is 0 Å². The maximum Gasteiger partial charge on any atom is 0.0866 e. The summed E-state index contributed by atoms with van der Waals surface area (Å²) in [6.45, 7) is 2.95. The van der Waals surface area contributed by atoms with E-state index in [2.05, 4.69) is 10.2 Å². The Morgan fingerprint density at radius 1 is 1.50 bits per heavy atom. The molecule has 6 heteroatoms. The van der Waals surface area contributed by atoms with Crippen molar-refractivity contribution in [1.82, 2.24) is 19.6 Å². The molecule has 0 saturated carbocycles. The van der Waals surface area contributed by atoms with Gasteiger partial charge in [-0.25, -0.2) is 0 Å². The van der Waals surface area contributed by atoms with Crippen molar-refractivity contribution >= 4 is 11.6 Å². The smallest absolute Gasteiger partial charge is 0.0866 e. The van der Waals surface area contributed by atoms with Crippen LogP contribution in [0.25, 0.3) is 0 Å². The van der Waals surface area contributed by atoms with Gasteiger partial charge in [-0.3, -0.25) is 9.36 Å². The number of nitrogens with two attached hydrogens (primary N) is 1. The van der Waals surface area contributed by atoms with Crippen LogP contribution in [-0.2, 0) is 20.1 Å². The minimum atomic E-state index is 0.467. The molecule has 0 bridgehead atoms. The first-order valence-electron chi connectivity index (χ1n) is 5.02. The average molecular weight is 240 g/mol. The third-order valence-corrected chi connectivity index (χ3v) is 3.07. The largest absolute Gasteiger partial charge is 0.325 e. The second kappa shape index (κ2) is 4.27. The summed E-state index contributed by atoms with van der Waals surface area (Å²) in [6, 6.07) is 1.90. The first kappa shape index (κ1) is 11.2. The first-order chi connectivity index (χ1) is 7.63. The van der Waals surface area contributed by atoms with Crippen molar-refractivity contribution in [3.8, 4) is 0 Å². The molecular formula is C10H14ClN5. The van der Waals surface area contributed by atoms with E-state index in [0.717, 1.165) is 17.1 Å². The van der Waals surface area contributed by atoms with E-state index in [4.69, 9.17) is 17.3 Å². The van der Waals surface area contributed by atoms with Crippen LogP contribution in [0.3, 0.4) is 0 Å². The van der Waals surface area contributed by atoms with Gasteiger partial charge < -0.3 is 5.73 Å². The van der Waals surface area contributed by atoms with E-state index in [9.17, 15) is 0 Å². The molecule has 2 heterocycles. The monoisotopic (exact) mass is 239 g/mol. The van der Waals surface area contributed by atoms with Gasteiger partial charge in [0.25, 0.3) is 0 Å². The van der Waals surface area contributed by atoms with Crippen molar-refractivity contribution in [2.45, 2.75) is 20.0 Å². The highest BCUT2D eigenvalue weighted by atomic mass is 35.5. The van der Waals surface area contributed by atoms with Crippen LogP contribution >= 0.6 is 11.6 Å². The predicted octanol–water partition coefficient (Wildman–Crippen LogP) is 1.09. The summed E-state index contributed by atoms with van der Waals surface area (Å²) >= 11 is 6.17. The van der Waals surface area contributed by atoms with Crippen LogP contribution in [-0.4, -0.2) is 19.6 Å². The van der Waals surface area contributed by atoms with Gasteiger partial charge in [0.2, 0.25) is 0 Å². The Kier molecular flexibility index (Phi) is 2.98. The summed E-state index contributed by atoms with van der Waals surface area (Å²) in [6.07, 6.45) is 1.74. The minimum absolute atomic E-state index is 0.467. The zero-order chi connectivity index (χ0) is 11.7. The molecule has 0 aliphatic carbocycles. The molecule has 16 heavy (non-hydrogen) atoms. The molecule has 2 aromatic rings. The number of hydrogen-bond acceptors (Lipinski definition) is 3. The zero-order valence-corrected chi connectivity index (χ0v) is 10.1. The maximum atomic E-state index is 6.17. The van der Waals surface area contributed by atoms with Crippen molar-refractivity contribution in [1.29, 1.82) is 0 Å². The van der Waals surface area contributed by atoms with Gasteiger partial charge in [-0.05, 0) is 13.0 Å². The highest BCUT2D eigenvalue weighted by Crippen LogP contribution is 2.20. The third-order valence-electron chi connectivity index (χ3n) is 2.57. The van der Waals surface area contributed by atoms with Crippen molar-refractivity contribution in [2.24, 2.45) is 12.8 Å². The van der Waals surface area contributed by atoms with Crippen LogP contribution in [0.15, 0.2) is 12.3 Å². The van der Waals surface area contributed by atoms with Crippen LogP contribution in [0.2, 0.25) is 5.02 Å². The van der Waals surface area contributed by atoms with Crippen molar-refractivity contribution in [2.75, 3.05) is 0 Å². The van der Waals surface area contributed by atoms with Crippen molar-refractivity contribution < 1.29 is 0 Å². The number of hydrogen-bond donors (Lipinski definition) is 1. The summed E-state index contributed by atoms with van der Waals surface area (Å²) in [5.41, 5.74) is 8.37. The average Bonchev–Trinajstić information content (AvgIpc) is 2.79. The fourth-order valence-corrected chi connectivity index (χ4v) is 1.89. The highest BCUT2D eigenvalue weighted by Gasteiger charge is 2.12. The van der Waals surface area contributed by atoms with E-state index >= 15 is 0 Å². The number of rotatable bonds is 3. The summed E-state index contributed by atoms with van der Waals surface area (Å²) in [4.78, 5) is 0. The fourth-order valence-electron chi connectivity index (χ4n) is 1.67. The predicted molar refractivity (Wildman–Crippen MR) is 62.2 cm³/mol. The molecule has 0 saturated heterocycles. The highest BCUT2D eigenvalue weighted by molar-refractivity contribution is 6.31. The van der Waals surface area contributed by atoms with E-state index in [0.29, 0.717) is 18.1 Å². The zero-order valence-electron chi connectivity index (χ0n) is 9.31. The summed E-state index contributed by atoms with van der Waals surface area (Å²) in [5.74, 6) is 0. The number of aromatic nitrogens is 4. The maximum absolute atomic E-state index is 6.17. The van der Waals surface area contributed by atoms with Crippen molar-refractivity contribution in [3.63, 3.8) is 0 Å². The lowest BCUT2D eigenvalue weighted by Crippen LogP contribution is -2.12. The Hall–Kier alpha value is -1.33. The van der Waals surface area contributed by atoms with Crippen LogP contribution in [0.5, 0.6) is 0 Å². The van der Waals surface area contributed by atoms with Gasteiger partial charge in [0.05, 0.1) is 28.6 Å². The van der Waals surface area contributed by atoms with E-state index < -0.39 is 0 Å². The molecule has 0 aliphatic heterocycles.